The fraction of sp³-hybridized carbons (Fsp3) is 0.364. The van der Waals surface area contributed by atoms with Crippen molar-refractivity contribution in [2.45, 2.75) is 33.1 Å². The molecule has 152 valence electrons. The molecule has 7 heteroatoms. The smallest absolute Gasteiger partial charge is 0.341 e. The van der Waals surface area contributed by atoms with Crippen LogP contribution in [0.2, 0.25) is 0 Å². The van der Waals surface area contributed by atoms with E-state index in [0.29, 0.717) is 34.6 Å². The minimum atomic E-state index is -0.366. The van der Waals surface area contributed by atoms with Gasteiger partial charge < -0.3 is 19.5 Å². The summed E-state index contributed by atoms with van der Waals surface area (Å²) in [6.07, 6.45) is 5.96. The van der Waals surface area contributed by atoms with Crippen molar-refractivity contribution in [3.05, 3.63) is 45.8 Å². The number of benzene rings is 1. The second-order valence-electron chi connectivity index (χ2n) is 7.21. The molecule has 29 heavy (non-hydrogen) atoms. The molecule has 4 rings (SSSR count). The zero-order valence-corrected chi connectivity index (χ0v) is 17.3. The lowest BCUT2D eigenvalue weighted by Crippen LogP contribution is -2.15. The molecule has 0 bridgehead atoms. The zero-order chi connectivity index (χ0) is 20.4. The number of nitrogens with one attached hydrogen (secondary N) is 1. The van der Waals surface area contributed by atoms with Gasteiger partial charge in [0.1, 0.15) is 5.00 Å². The third-order valence-corrected chi connectivity index (χ3v) is 6.22. The maximum atomic E-state index is 12.5. The standard InChI is InChI=1S/C22H23NO5S/c1-3-26-22(25)20-15-7-4-13(2)10-18(15)29-21(20)23-19(24)9-6-14-5-8-16-17(11-14)28-12-27-16/h5-6,8-9,11,13H,3-4,7,10,12H2,1-2H3,(H,23,24)/b9-6+/t13-/m0/s1. The van der Waals surface area contributed by atoms with Crippen molar-refractivity contribution in [2.75, 3.05) is 18.7 Å². The summed E-state index contributed by atoms with van der Waals surface area (Å²) >= 11 is 1.48. The number of amides is 1. The number of ether oxygens (including phenoxy) is 3. The Bertz CT molecular complexity index is 978. The van der Waals surface area contributed by atoms with Gasteiger partial charge in [0, 0.05) is 11.0 Å². The molecule has 1 aromatic carbocycles. The summed E-state index contributed by atoms with van der Waals surface area (Å²) in [5, 5.41) is 3.45. The van der Waals surface area contributed by atoms with Gasteiger partial charge in [-0.1, -0.05) is 13.0 Å². The van der Waals surface area contributed by atoms with E-state index in [-0.39, 0.29) is 18.7 Å². The normalized spacial score (nSPS) is 17.2. The van der Waals surface area contributed by atoms with E-state index in [1.807, 2.05) is 18.2 Å². The number of fused-ring (bicyclic) bond motifs is 2. The quantitative estimate of drug-likeness (QED) is 0.580. The number of anilines is 1. The lowest BCUT2D eigenvalue weighted by molar-refractivity contribution is -0.111. The number of rotatable bonds is 5. The minimum Gasteiger partial charge on any atom is -0.462 e. The van der Waals surface area contributed by atoms with Crippen molar-refractivity contribution in [2.24, 2.45) is 5.92 Å². The Hall–Kier alpha value is -2.80. The van der Waals surface area contributed by atoms with Crippen molar-refractivity contribution < 1.29 is 23.8 Å². The number of thiophene rings is 1. The molecule has 1 aliphatic carbocycles. The van der Waals surface area contributed by atoms with Crippen LogP contribution in [0, 0.1) is 5.92 Å². The molecular formula is C22H23NO5S. The molecule has 2 heterocycles. The molecule has 0 saturated heterocycles. The van der Waals surface area contributed by atoms with Crippen LogP contribution in [0.1, 0.15) is 46.6 Å². The van der Waals surface area contributed by atoms with Crippen LogP contribution in [-0.4, -0.2) is 25.3 Å². The van der Waals surface area contributed by atoms with Gasteiger partial charge in [0.05, 0.1) is 12.2 Å². The van der Waals surface area contributed by atoms with Crippen LogP contribution >= 0.6 is 11.3 Å². The van der Waals surface area contributed by atoms with Crippen molar-refractivity contribution >= 4 is 34.3 Å². The fourth-order valence-electron chi connectivity index (χ4n) is 3.60. The molecule has 1 atom stereocenters. The largest absolute Gasteiger partial charge is 0.462 e. The second-order valence-corrected chi connectivity index (χ2v) is 8.32. The van der Waals surface area contributed by atoms with Crippen LogP contribution in [0.25, 0.3) is 6.08 Å². The first-order chi connectivity index (χ1) is 14.0. The lowest BCUT2D eigenvalue weighted by atomic mass is 9.88. The monoisotopic (exact) mass is 413 g/mol. The van der Waals surface area contributed by atoms with E-state index in [9.17, 15) is 9.59 Å². The minimum absolute atomic E-state index is 0.210. The topological polar surface area (TPSA) is 73.9 Å². The first kappa shape index (κ1) is 19.5. The summed E-state index contributed by atoms with van der Waals surface area (Å²) in [6.45, 7) is 4.50. The molecule has 1 amide bonds. The fourth-order valence-corrected chi connectivity index (χ4v) is 5.00. The van der Waals surface area contributed by atoms with Crippen LogP contribution < -0.4 is 14.8 Å². The van der Waals surface area contributed by atoms with E-state index in [2.05, 4.69) is 12.2 Å². The number of hydrogen-bond donors (Lipinski definition) is 1. The number of esters is 1. The molecular weight excluding hydrogens is 390 g/mol. The van der Waals surface area contributed by atoms with Crippen molar-refractivity contribution in [1.82, 2.24) is 0 Å². The van der Waals surface area contributed by atoms with Gasteiger partial charge >= 0.3 is 5.97 Å². The van der Waals surface area contributed by atoms with Gasteiger partial charge in [-0.25, -0.2) is 4.79 Å². The molecule has 1 aromatic heterocycles. The Morgan fingerprint density at radius 1 is 1.31 bits per heavy atom. The molecule has 0 radical (unpaired) electrons. The van der Waals surface area contributed by atoms with E-state index < -0.39 is 0 Å². The second kappa shape index (κ2) is 8.29. The third kappa shape index (κ3) is 4.15. The highest BCUT2D eigenvalue weighted by molar-refractivity contribution is 7.17. The number of carbonyl (C=O) groups excluding carboxylic acids is 2. The van der Waals surface area contributed by atoms with Crippen molar-refractivity contribution in [3.8, 4) is 11.5 Å². The van der Waals surface area contributed by atoms with Gasteiger partial charge in [-0.05, 0) is 61.4 Å². The predicted molar refractivity (Wildman–Crippen MR) is 112 cm³/mol. The summed E-state index contributed by atoms with van der Waals surface area (Å²) < 4.78 is 15.9. The van der Waals surface area contributed by atoms with E-state index in [1.54, 1.807) is 13.0 Å². The highest BCUT2D eigenvalue weighted by Gasteiger charge is 2.28. The van der Waals surface area contributed by atoms with E-state index in [4.69, 9.17) is 14.2 Å². The van der Waals surface area contributed by atoms with Gasteiger partial charge in [-0.2, -0.15) is 0 Å². The maximum Gasteiger partial charge on any atom is 0.341 e. The third-order valence-electron chi connectivity index (χ3n) is 5.05. The lowest BCUT2D eigenvalue weighted by Gasteiger charge is -2.18. The Morgan fingerprint density at radius 2 is 2.14 bits per heavy atom. The van der Waals surface area contributed by atoms with Gasteiger partial charge in [0.2, 0.25) is 12.7 Å². The maximum absolute atomic E-state index is 12.5. The molecule has 0 saturated carbocycles. The SMILES string of the molecule is CCOC(=O)c1c(NC(=O)/C=C/c2ccc3c(c2)OCO3)sc2c1CC[C@H](C)C2. The number of carbonyl (C=O) groups is 2. The highest BCUT2D eigenvalue weighted by atomic mass is 32.1. The molecule has 0 spiro atoms. The predicted octanol–water partition coefficient (Wildman–Crippen LogP) is 4.43. The van der Waals surface area contributed by atoms with Gasteiger partial charge in [-0.3, -0.25) is 4.79 Å². The van der Waals surface area contributed by atoms with Crippen molar-refractivity contribution in [1.29, 1.82) is 0 Å². The van der Waals surface area contributed by atoms with E-state index in [0.717, 1.165) is 30.4 Å². The van der Waals surface area contributed by atoms with E-state index >= 15 is 0 Å². The Labute approximate surface area is 173 Å². The van der Waals surface area contributed by atoms with E-state index in [1.165, 1.54) is 22.3 Å². The first-order valence-electron chi connectivity index (χ1n) is 9.75. The summed E-state index contributed by atoms with van der Waals surface area (Å²) in [6, 6.07) is 5.49. The molecule has 2 aliphatic rings. The van der Waals surface area contributed by atoms with Crippen molar-refractivity contribution in [3.63, 3.8) is 0 Å². The van der Waals surface area contributed by atoms with Crippen LogP contribution in [0.15, 0.2) is 24.3 Å². The summed E-state index contributed by atoms with van der Waals surface area (Å²) in [5.41, 5.74) is 2.37. The van der Waals surface area contributed by atoms with Crippen LogP contribution in [0.4, 0.5) is 5.00 Å². The Kier molecular flexibility index (Phi) is 5.58. The molecule has 0 unspecified atom stereocenters. The highest BCUT2D eigenvalue weighted by Crippen LogP contribution is 2.40. The van der Waals surface area contributed by atoms with Gasteiger partial charge in [0.15, 0.2) is 11.5 Å². The van der Waals surface area contributed by atoms with Crippen LogP contribution in [0.5, 0.6) is 11.5 Å². The Balaban J connectivity index is 1.53. The molecule has 2 aromatic rings. The first-order valence-corrected chi connectivity index (χ1v) is 10.6. The average molecular weight is 413 g/mol. The van der Waals surface area contributed by atoms with Gasteiger partial charge in [0.25, 0.3) is 0 Å². The van der Waals surface area contributed by atoms with Crippen LogP contribution in [-0.2, 0) is 22.4 Å². The molecule has 6 nitrogen and oxygen atoms in total. The summed E-state index contributed by atoms with van der Waals surface area (Å²) in [7, 11) is 0. The molecule has 1 N–H and O–H groups in total. The van der Waals surface area contributed by atoms with Crippen LogP contribution in [0.3, 0.4) is 0 Å². The number of hydrogen-bond acceptors (Lipinski definition) is 6. The molecule has 0 fully saturated rings. The molecule has 1 aliphatic heterocycles. The average Bonchev–Trinajstić information content (AvgIpc) is 3.29. The zero-order valence-electron chi connectivity index (χ0n) is 16.4. The summed E-state index contributed by atoms with van der Waals surface area (Å²) in [5.74, 6) is 1.28. The summed E-state index contributed by atoms with van der Waals surface area (Å²) in [4.78, 5) is 26.2. The Morgan fingerprint density at radius 3 is 2.97 bits per heavy atom. The van der Waals surface area contributed by atoms with Gasteiger partial charge in [-0.15, -0.1) is 11.3 Å².